The number of oxazole rings is 1. The maximum absolute atomic E-state index is 13.3. The number of hydrogen-bond acceptors (Lipinski definition) is 6. The maximum Gasteiger partial charge on any atom is 0.297 e. The summed E-state index contributed by atoms with van der Waals surface area (Å²) in [6.07, 6.45) is 0.672. The van der Waals surface area contributed by atoms with E-state index in [1.54, 1.807) is 19.1 Å². The Hall–Kier alpha value is -3.17. The van der Waals surface area contributed by atoms with Gasteiger partial charge in [-0.2, -0.15) is 0 Å². The number of aliphatic imine (C=N–C) groups is 1. The molecule has 0 radical (unpaired) electrons. The SMILES string of the molecule is CC(=O)c1c(OCCN=C(N(C)C)[NH+](C)C)c(OCCC(C)c2ccc(F)cc2)c2oc(C)nc2c1C.[Cl-]. The quantitative estimate of drug-likeness (QED) is 0.175. The van der Waals surface area contributed by atoms with E-state index in [2.05, 4.69) is 16.9 Å². The lowest BCUT2D eigenvalue weighted by Crippen LogP contribution is -3.10. The van der Waals surface area contributed by atoms with E-state index in [9.17, 15) is 9.18 Å². The highest BCUT2D eigenvalue weighted by Crippen LogP contribution is 2.42. The van der Waals surface area contributed by atoms with E-state index < -0.39 is 0 Å². The molecule has 1 atom stereocenters. The Kier molecular flexibility index (Phi) is 11.1. The van der Waals surface area contributed by atoms with Crippen molar-refractivity contribution in [1.82, 2.24) is 9.88 Å². The van der Waals surface area contributed by atoms with Crippen LogP contribution < -0.4 is 26.8 Å². The predicted octanol–water partition coefficient (Wildman–Crippen LogP) is 0.804. The number of fused-ring (bicyclic) bond motifs is 1. The van der Waals surface area contributed by atoms with Crippen LogP contribution in [0.1, 0.15) is 53.6 Å². The molecule has 0 bridgehead atoms. The minimum Gasteiger partial charge on any atom is -1.00 e. The molecule has 2 aromatic carbocycles. The second-order valence-corrected chi connectivity index (χ2v) is 9.66. The predicted molar refractivity (Wildman–Crippen MR) is 143 cm³/mol. The molecule has 1 heterocycles. The summed E-state index contributed by atoms with van der Waals surface area (Å²) in [4.78, 5) is 24.9. The van der Waals surface area contributed by atoms with Gasteiger partial charge in [0.2, 0.25) is 11.3 Å². The lowest BCUT2D eigenvalue weighted by Gasteiger charge is -2.19. The first kappa shape index (κ1) is 31.1. The number of aromatic nitrogens is 1. The van der Waals surface area contributed by atoms with Crippen molar-refractivity contribution in [1.29, 1.82) is 0 Å². The van der Waals surface area contributed by atoms with Crippen molar-refractivity contribution >= 4 is 22.8 Å². The Labute approximate surface area is 230 Å². The van der Waals surface area contributed by atoms with Crippen molar-refractivity contribution in [2.75, 3.05) is 47.9 Å². The van der Waals surface area contributed by atoms with Gasteiger partial charge in [-0.3, -0.25) is 9.69 Å². The number of nitrogens with one attached hydrogen (secondary N) is 1. The molecule has 208 valence electrons. The first-order chi connectivity index (χ1) is 17.5. The largest absolute Gasteiger partial charge is 1.00 e. The number of ether oxygens (including phenoxy) is 2. The van der Waals surface area contributed by atoms with Gasteiger partial charge in [0.25, 0.3) is 5.96 Å². The van der Waals surface area contributed by atoms with Crippen molar-refractivity contribution in [2.24, 2.45) is 4.99 Å². The van der Waals surface area contributed by atoms with Crippen molar-refractivity contribution < 1.29 is 40.4 Å². The number of guanidine groups is 1. The molecule has 0 fully saturated rings. The fraction of sp³-hybridized carbons (Fsp3) is 0.464. The first-order valence-corrected chi connectivity index (χ1v) is 12.5. The number of rotatable bonds is 10. The van der Waals surface area contributed by atoms with Crippen LogP contribution in [-0.4, -0.2) is 69.6 Å². The molecule has 38 heavy (non-hydrogen) atoms. The summed E-state index contributed by atoms with van der Waals surface area (Å²) in [6, 6.07) is 6.48. The van der Waals surface area contributed by atoms with E-state index in [0.29, 0.717) is 59.2 Å². The molecule has 8 nitrogen and oxygen atoms in total. The van der Waals surface area contributed by atoms with Crippen LogP contribution in [0.25, 0.3) is 11.1 Å². The number of halogens is 2. The Morgan fingerprint density at radius 2 is 1.76 bits per heavy atom. The highest BCUT2D eigenvalue weighted by molar-refractivity contribution is 6.05. The van der Waals surface area contributed by atoms with Crippen LogP contribution in [0, 0.1) is 19.7 Å². The van der Waals surface area contributed by atoms with Crippen molar-refractivity contribution in [3.63, 3.8) is 0 Å². The molecule has 0 saturated carbocycles. The average molecular weight is 549 g/mol. The third kappa shape index (κ3) is 7.23. The van der Waals surface area contributed by atoms with E-state index in [0.717, 1.165) is 16.4 Å². The van der Waals surface area contributed by atoms with Crippen LogP contribution in [0.3, 0.4) is 0 Å². The number of benzene rings is 2. The molecule has 3 aromatic rings. The number of carbonyl (C=O) groups is 1. The molecule has 0 aliphatic rings. The van der Waals surface area contributed by atoms with Gasteiger partial charge in [0.1, 0.15) is 17.9 Å². The molecule has 0 aliphatic heterocycles. The summed E-state index contributed by atoms with van der Waals surface area (Å²) < 4.78 is 31.7. The molecule has 10 heteroatoms. The fourth-order valence-corrected chi connectivity index (χ4v) is 4.37. The number of hydrogen-bond donors (Lipinski definition) is 1. The molecule has 1 aromatic heterocycles. The van der Waals surface area contributed by atoms with E-state index in [1.165, 1.54) is 19.1 Å². The van der Waals surface area contributed by atoms with Gasteiger partial charge in [-0.1, -0.05) is 19.1 Å². The molecular formula is C28H38ClFN4O4. The molecule has 1 unspecified atom stereocenters. The zero-order valence-corrected chi connectivity index (χ0v) is 24.2. The Balaban J connectivity index is 0.00000507. The second kappa shape index (κ2) is 13.6. The normalized spacial score (nSPS) is 12.4. The lowest BCUT2D eigenvalue weighted by molar-refractivity contribution is -0.764. The Bertz CT molecular complexity index is 1260. The maximum atomic E-state index is 13.3. The smallest absolute Gasteiger partial charge is 0.297 e. The monoisotopic (exact) mass is 548 g/mol. The van der Waals surface area contributed by atoms with Crippen LogP contribution in [0.15, 0.2) is 33.7 Å². The van der Waals surface area contributed by atoms with Crippen molar-refractivity contribution in [3.05, 3.63) is 52.7 Å². The van der Waals surface area contributed by atoms with E-state index in [4.69, 9.17) is 13.9 Å². The van der Waals surface area contributed by atoms with Gasteiger partial charge in [0.15, 0.2) is 17.4 Å². The van der Waals surface area contributed by atoms with Crippen LogP contribution in [0.4, 0.5) is 4.39 Å². The number of Topliss-reactive ketones (excluding diaryl/α,β-unsaturated/α-hetero) is 1. The minimum absolute atomic E-state index is 0. The third-order valence-corrected chi connectivity index (χ3v) is 6.16. The molecule has 0 aliphatic carbocycles. The van der Waals surface area contributed by atoms with Crippen LogP contribution >= 0.6 is 0 Å². The topological polar surface area (TPSA) is 81.6 Å². The highest BCUT2D eigenvalue weighted by atomic mass is 35.5. The van der Waals surface area contributed by atoms with Crippen molar-refractivity contribution in [2.45, 2.75) is 40.0 Å². The zero-order valence-electron chi connectivity index (χ0n) is 23.4. The molecular weight excluding hydrogens is 511 g/mol. The standard InChI is InChI=1S/C28H37FN4O4.ClH/c1-17(21-9-11-22(29)12-10-21)13-15-35-27-25(36-16-14-30-28(32(5)6)33(7)8)23(19(3)34)18(2)24-26(27)37-20(4)31-24;/h9-12,17H,13-16H2,1-8H3;1H. The summed E-state index contributed by atoms with van der Waals surface area (Å²) in [6.45, 7) is 8.17. The molecule has 1 N–H and O–H groups in total. The van der Waals surface area contributed by atoms with Gasteiger partial charge in [0.05, 0.1) is 32.8 Å². The zero-order chi connectivity index (χ0) is 27.3. The van der Waals surface area contributed by atoms with E-state index in [-0.39, 0.29) is 36.5 Å². The second-order valence-electron chi connectivity index (χ2n) is 9.66. The van der Waals surface area contributed by atoms with E-state index in [1.807, 2.05) is 40.0 Å². The van der Waals surface area contributed by atoms with Gasteiger partial charge in [0, 0.05) is 21.0 Å². The van der Waals surface area contributed by atoms with Gasteiger partial charge in [-0.15, -0.1) is 0 Å². The molecule has 3 rings (SSSR count). The highest BCUT2D eigenvalue weighted by Gasteiger charge is 2.26. The fourth-order valence-electron chi connectivity index (χ4n) is 4.37. The van der Waals surface area contributed by atoms with Gasteiger partial charge >= 0.3 is 0 Å². The lowest BCUT2D eigenvalue weighted by atomic mass is 9.98. The van der Waals surface area contributed by atoms with Gasteiger partial charge in [-0.05, 0) is 49.4 Å². The van der Waals surface area contributed by atoms with Crippen LogP contribution in [0.5, 0.6) is 11.5 Å². The number of ketones is 1. The summed E-state index contributed by atoms with van der Waals surface area (Å²) in [5, 5.41) is 0. The number of quaternary nitrogens is 1. The molecule has 0 amide bonds. The minimum atomic E-state index is -0.262. The van der Waals surface area contributed by atoms with Gasteiger partial charge in [-0.25, -0.2) is 14.4 Å². The Morgan fingerprint density at radius 1 is 1.13 bits per heavy atom. The summed E-state index contributed by atoms with van der Waals surface area (Å²) in [7, 11) is 7.91. The number of carbonyl (C=O) groups excluding carboxylic acids is 1. The molecule has 0 spiro atoms. The number of aryl methyl sites for hydroxylation is 2. The van der Waals surface area contributed by atoms with Crippen LogP contribution in [-0.2, 0) is 0 Å². The average Bonchev–Trinajstić information content (AvgIpc) is 3.22. The summed E-state index contributed by atoms with van der Waals surface area (Å²) >= 11 is 0. The molecule has 0 saturated heterocycles. The third-order valence-electron chi connectivity index (χ3n) is 6.16. The first-order valence-electron chi connectivity index (χ1n) is 12.5. The van der Waals surface area contributed by atoms with Crippen molar-refractivity contribution in [3.8, 4) is 11.5 Å². The van der Waals surface area contributed by atoms with E-state index >= 15 is 0 Å². The summed E-state index contributed by atoms with van der Waals surface area (Å²) in [5.74, 6) is 1.82. The van der Waals surface area contributed by atoms with Crippen LogP contribution in [0.2, 0.25) is 0 Å². The Morgan fingerprint density at radius 3 is 2.34 bits per heavy atom. The van der Waals surface area contributed by atoms with Gasteiger partial charge < -0.3 is 31.2 Å². The number of nitrogens with zero attached hydrogens (tertiary/aromatic N) is 3. The summed E-state index contributed by atoms with van der Waals surface area (Å²) in [5.41, 5.74) is 3.18.